The van der Waals surface area contributed by atoms with Crippen molar-refractivity contribution in [2.75, 3.05) is 33.2 Å². The molecule has 2 rings (SSSR count). The third-order valence-corrected chi connectivity index (χ3v) is 4.05. The van der Waals surface area contributed by atoms with Crippen molar-refractivity contribution in [2.45, 2.75) is 19.9 Å². The highest BCUT2D eigenvalue weighted by atomic mass is 16.5. The van der Waals surface area contributed by atoms with E-state index in [1.807, 2.05) is 12.1 Å². The van der Waals surface area contributed by atoms with Gasteiger partial charge in [0.25, 0.3) is 0 Å². The number of hydrogen-bond acceptors (Lipinski definition) is 5. The van der Waals surface area contributed by atoms with Gasteiger partial charge in [0, 0.05) is 37.3 Å². The van der Waals surface area contributed by atoms with Crippen LogP contribution >= 0.6 is 0 Å². The summed E-state index contributed by atoms with van der Waals surface area (Å²) >= 11 is 0. The van der Waals surface area contributed by atoms with Gasteiger partial charge in [0.15, 0.2) is 11.5 Å². The number of ether oxygens (including phenoxy) is 3. The average Bonchev–Trinajstić information content (AvgIpc) is 2.65. The van der Waals surface area contributed by atoms with Gasteiger partial charge in [-0.1, -0.05) is 24.3 Å². The summed E-state index contributed by atoms with van der Waals surface area (Å²) < 4.78 is 15.9. The summed E-state index contributed by atoms with van der Waals surface area (Å²) in [6.07, 6.45) is 0.364. The van der Waals surface area contributed by atoms with E-state index in [-0.39, 0.29) is 5.91 Å². The summed E-state index contributed by atoms with van der Waals surface area (Å²) in [4.78, 5) is 12.2. The predicted octanol–water partition coefficient (Wildman–Crippen LogP) is 3.14. The number of benzene rings is 2. The van der Waals surface area contributed by atoms with Crippen LogP contribution in [-0.4, -0.2) is 33.8 Å². The van der Waals surface area contributed by atoms with E-state index in [2.05, 4.69) is 29.7 Å². The van der Waals surface area contributed by atoms with Crippen molar-refractivity contribution in [1.29, 1.82) is 0 Å². The first kappa shape index (κ1) is 19.6. The smallest absolute Gasteiger partial charge is 0.225 e. The highest BCUT2D eigenvalue weighted by Crippen LogP contribution is 2.39. The van der Waals surface area contributed by atoms with Gasteiger partial charge < -0.3 is 24.8 Å². The van der Waals surface area contributed by atoms with Gasteiger partial charge in [-0.25, -0.2) is 0 Å². The topological polar surface area (TPSA) is 68.8 Å². The Balaban J connectivity index is 1.88. The molecule has 2 aromatic rings. The lowest BCUT2D eigenvalue weighted by atomic mass is 10.1. The number of nitrogens with one attached hydrogen (secondary N) is 2. The van der Waals surface area contributed by atoms with Crippen LogP contribution in [0.1, 0.15) is 17.5 Å². The van der Waals surface area contributed by atoms with Crippen LogP contribution in [0.3, 0.4) is 0 Å². The highest BCUT2D eigenvalue weighted by Gasteiger charge is 2.14. The van der Waals surface area contributed by atoms with Gasteiger partial charge in [0.2, 0.25) is 11.7 Å². The normalized spacial score (nSPS) is 10.3. The van der Waals surface area contributed by atoms with Crippen LogP contribution in [0.5, 0.6) is 17.2 Å². The Morgan fingerprint density at radius 1 is 1.00 bits per heavy atom. The first-order valence-corrected chi connectivity index (χ1v) is 8.44. The van der Waals surface area contributed by atoms with Crippen LogP contribution in [0.15, 0.2) is 36.4 Å². The van der Waals surface area contributed by atoms with Gasteiger partial charge in [-0.2, -0.15) is 0 Å². The first-order valence-electron chi connectivity index (χ1n) is 8.44. The third kappa shape index (κ3) is 5.13. The molecular formula is C20H26N2O4. The zero-order valence-corrected chi connectivity index (χ0v) is 15.7. The van der Waals surface area contributed by atoms with Gasteiger partial charge in [-0.05, 0) is 18.1 Å². The van der Waals surface area contributed by atoms with E-state index in [4.69, 9.17) is 14.2 Å². The fraction of sp³-hybridized carbons (Fsp3) is 0.350. The average molecular weight is 358 g/mol. The highest BCUT2D eigenvalue weighted by molar-refractivity contribution is 5.91. The molecule has 0 radical (unpaired) electrons. The zero-order valence-electron chi connectivity index (χ0n) is 15.7. The second-order valence-corrected chi connectivity index (χ2v) is 5.82. The Morgan fingerprint density at radius 3 is 2.23 bits per heavy atom. The minimum Gasteiger partial charge on any atom is -0.493 e. The molecule has 0 saturated heterocycles. The van der Waals surface area contributed by atoms with E-state index in [9.17, 15) is 4.79 Å². The molecule has 0 fully saturated rings. The van der Waals surface area contributed by atoms with Crippen LogP contribution in [0, 0.1) is 6.92 Å². The maximum atomic E-state index is 12.2. The van der Waals surface area contributed by atoms with Gasteiger partial charge in [-0.3, -0.25) is 4.79 Å². The minimum absolute atomic E-state index is 0.0865. The summed E-state index contributed by atoms with van der Waals surface area (Å²) in [6.45, 7) is 3.41. The van der Waals surface area contributed by atoms with E-state index in [0.717, 1.165) is 6.54 Å². The van der Waals surface area contributed by atoms with E-state index < -0.39 is 0 Å². The second-order valence-electron chi connectivity index (χ2n) is 5.82. The molecule has 0 aliphatic carbocycles. The molecule has 0 unspecified atom stereocenters. The predicted molar refractivity (Wildman–Crippen MR) is 102 cm³/mol. The molecule has 0 saturated carbocycles. The molecule has 0 aliphatic heterocycles. The number of rotatable bonds is 9. The zero-order chi connectivity index (χ0) is 18.9. The van der Waals surface area contributed by atoms with E-state index in [1.54, 1.807) is 33.5 Å². The molecule has 0 heterocycles. The third-order valence-electron chi connectivity index (χ3n) is 4.05. The summed E-state index contributed by atoms with van der Waals surface area (Å²) in [5, 5.41) is 6.15. The largest absolute Gasteiger partial charge is 0.493 e. The minimum atomic E-state index is -0.0865. The number of carbonyl (C=O) groups excluding carboxylic acids is 1. The number of amides is 1. The van der Waals surface area contributed by atoms with Crippen molar-refractivity contribution in [3.05, 3.63) is 47.5 Å². The van der Waals surface area contributed by atoms with E-state index in [1.165, 1.54) is 11.1 Å². The molecule has 0 spiro atoms. The van der Waals surface area contributed by atoms with E-state index in [0.29, 0.717) is 35.9 Å². The molecule has 0 atom stereocenters. The van der Waals surface area contributed by atoms with E-state index >= 15 is 0 Å². The van der Waals surface area contributed by atoms with Crippen molar-refractivity contribution in [3.63, 3.8) is 0 Å². The lowest BCUT2D eigenvalue weighted by molar-refractivity contribution is -0.116. The number of aryl methyl sites for hydroxylation is 1. The van der Waals surface area contributed by atoms with Crippen LogP contribution < -0.4 is 24.8 Å². The second kappa shape index (κ2) is 9.68. The number of carbonyl (C=O) groups is 1. The SMILES string of the molecule is COc1cc(NC(=O)CCNCc2ccccc2C)cc(OC)c1OC. The van der Waals surface area contributed by atoms with Crippen molar-refractivity contribution >= 4 is 11.6 Å². The van der Waals surface area contributed by atoms with Gasteiger partial charge >= 0.3 is 0 Å². The van der Waals surface area contributed by atoms with Crippen molar-refractivity contribution < 1.29 is 19.0 Å². The van der Waals surface area contributed by atoms with Crippen molar-refractivity contribution in [1.82, 2.24) is 5.32 Å². The van der Waals surface area contributed by atoms with Crippen LogP contribution in [0.2, 0.25) is 0 Å². The molecule has 0 bridgehead atoms. The molecular weight excluding hydrogens is 332 g/mol. The number of hydrogen-bond donors (Lipinski definition) is 2. The molecule has 6 nitrogen and oxygen atoms in total. The van der Waals surface area contributed by atoms with Gasteiger partial charge in [0.1, 0.15) is 0 Å². The molecule has 140 valence electrons. The molecule has 2 aromatic carbocycles. The van der Waals surface area contributed by atoms with Crippen molar-refractivity contribution in [2.24, 2.45) is 0 Å². The quantitative estimate of drug-likeness (QED) is 0.674. The molecule has 26 heavy (non-hydrogen) atoms. The number of methoxy groups -OCH3 is 3. The standard InChI is InChI=1S/C20H26N2O4/c1-14-7-5-6-8-15(14)13-21-10-9-19(23)22-16-11-17(24-2)20(26-4)18(12-16)25-3/h5-8,11-12,21H,9-10,13H2,1-4H3,(H,22,23). The number of anilines is 1. The van der Waals surface area contributed by atoms with Crippen molar-refractivity contribution in [3.8, 4) is 17.2 Å². The summed E-state index contributed by atoms with van der Waals surface area (Å²) in [5.41, 5.74) is 3.07. The summed E-state index contributed by atoms with van der Waals surface area (Å²) in [7, 11) is 4.62. The van der Waals surface area contributed by atoms with Gasteiger partial charge in [0.05, 0.1) is 21.3 Å². The lowest BCUT2D eigenvalue weighted by Gasteiger charge is -2.14. The Hall–Kier alpha value is -2.73. The van der Waals surface area contributed by atoms with Crippen LogP contribution in [-0.2, 0) is 11.3 Å². The maximum Gasteiger partial charge on any atom is 0.225 e. The molecule has 2 N–H and O–H groups in total. The van der Waals surface area contributed by atoms with Gasteiger partial charge in [-0.15, -0.1) is 0 Å². The Labute approximate surface area is 154 Å². The Bertz CT molecular complexity index is 721. The van der Waals surface area contributed by atoms with Crippen LogP contribution in [0.4, 0.5) is 5.69 Å². The maximum absolute atomic E-state index is 12.2. The molecule has 6 heteroatoms. The summed E-state index contributed by atoms with van der Waals surface area (Å²) in [6, 6.07) is 11.6. The fourth-order valence-electron chi connectivity index (χ4n) is 2.61. The fourth-order valence-corrected chi connectivity index (χ4v) is 2.61. The molecule has 0 aromatic heterocycles. The summed E-state index contributed by atoms with van der Waals surface area (Å²) in [5.74, 6) is 1.41. The monoisotopic (exact) mass is 358 g/mol. The molecule has 1 amide bonds. The first-order chi connectivity index (χ1) is 12.6. The van der Waals surface area contributed by atoms with Crippen LogP contribution in [0.25, 0.3) is 0 Å². The molecule has 0 aliphatic rings. The lowest BCUT2D eigenvalue weighted by Crippen LogP contribution is -2.21. The Kier molecular flexibility index (Phi) is 7.29. The Morgan fingerprint density at radius 2 is 1.65 bits per heavy atom.